The van der Waals surface area contributed by atoms with Crippen LogP contribution in [0, 0.1) is 0 Å². The Morgan fingerprint density at radius 1 is 1.47 bits per heavy atom. The minimum atomic E-state index is -0.861. The van der Waals surface area contributed by atoms with Gasteiger partial charge in [0.05, 0.1) is 28.7 Å². The van der Waals surface area contributed by atoms with Crippen molar-refractivity contribution in [3.05, 3.63) is 34.0 Å². The van der Waals surface area contributed by atoms with E-state index in [9.17, 15) is 4.79 Å². The number of halogens is 1. The molecular weight excluding hydrogens is 330 g/mol. The highest BCUT2D eigenvalue weighted by atomic mass is 79.9. The van der Waals surface area contributed by atoms with E-state index in [1.54, 1.807) is 6.33 Å². The number of nitrogens with zero attached hydrogens (tertiary/aromatic N) is 2. The van der Waals surface area contributed by atoms with Crippen LogP contribution in [-0.4, -0.2) is 26.0 Å². The Hall–Kier alpha value is -1.73. The predicted octanol–water partition coefficient (Wildman–Crippen LogP) is 3.08. The van der Waals surface area contributed by atoms with Crippen LogP contribution < -0.4 is 0 Å². The highest BCUT2D eigenvalue weighted by molar-refractivity contribution is 9.10. The van der Waals surface area contributed by atoms with Gasteiger partial charge in [-0.3, -0.25) is 4.79 Å². The summed E-state index contributed by atoms with van der Waals surface area (Å²) in [6, 6.07) is 5.80. The average molecular weight is 338 g/mol. The minimum Gasteiger partial charge on any atom is -0.481 e. The molecule has 0 saturated heterocycles. The summed E-state index contributed by atoms with van der Waals surface area (Å²) in [5, 5.41) is 9.62. The number of H-pyrrole nitrogens is 1. The molecule has 0 spiro atoms. The summed E-state index contributed by atoms with van der Waals surface area (Å²) < 4.78 is 0.597. The van der Waals surface area contributed by atoms with Crippen LogP contribution in [0.15, 0.2) is 29.1 Å². The summed E-state index contributed by atoms with van der Waals surface area (Å²) in [4.78, 5) is 23.0. The molecule has 96 valence electrons. The molecule has 3 aromatic rings. The van der Waals surface area contributed by atoms with Crippen molar-refractivity contribution in [2.75, 3.05) is 0 Å². The number of carboxylic acids is 1. The number of nitrogens with one attached hydrogen (secondary N) is 1. The molecule has 7 heteroatoms. The van der Waals surface area contributed by atoms with Crippen LogP contribution in [0.25, 0.3) is 21.6 Å². The Balaban J connectivity index is 2.03. The lowest BCUT2D eigenvalue weighted by molar-refractivity contribution is -0.136. The topological polar surface area (TPSA) is 78.9 Å². The van der Waals surface area contributed by atoms with Gasteiger partial charge in [0.2, 0.25) is 0 Å². The largest absolute Gasteiger partial charge is 0.481 e. The number of fused-ring (bicyclic) bond motifs is 1. The number of hydrogen-bond donors (Lipinski definition) is 2. The summed E-state index contributed by atoms with van der Waals surface area (Å²) in [6.07, 6.45) is 1.62. The Morgan fingerprint density at radius 2 is 2.32 bits per heavy atom. The fourth-order valence-corrected chi connectivity index (χ4v) is 3.39. The number of imidazole rings is 1. The number of benzene rings is 1. The van der Waals surface area contributed by atoms with E-state index in [1.165, 1.54) is 11.3 Å². The third-order valence-corrected chi connectivity index (χ3v) is 4.65. The fourth-order valence-electron chi connectivity index (χ4n) is 1.77. The first-order valence-electron chi connectivity index (χ1n) is 5.44. The molecule has 0 amide bonds. The molecule has 0 atom stereocenters. The Morgan fingerprint density at radius 3 is 3.11 bits per heavy atom. The zero-order chi connectivity index (χ0) is 13.4. The molecule has 0 fully saturated rings. The average Bonchev–Trinajstić information content (AvgIpc) is 2.95. The number of carbonyl (C=O) groups is 1. The van der Waals surface area contributed by atoms with E-state index in [0.29, 0.717) is 9.48 Å². The molecule has 0 saturated carbocycles. The van der Waals surface area contributed by atoms with Gasteiger partial charge in [-0.15, -0.1) is 11.3 Å². The van der Waals surface area contributed by atoms with Gasteiger partial charge in [-0.05, 0) is 34.1 Å². The van der Waals surface area contributed by atoms with Gasteiger partial charge in [-0.1, -0.05) is 0 Å². The summed E-state index contributed by atoms with van der Waals surface area (Å²) in [5.74, 6) is -0.861. The maximum Gasteiger partial charge on any atom is 0.308 e. The van der Waals surface area contributed by atoms with Crippen LogP contribution in [0.4, 0.5) is 0 Å². The molecule has 0 aliphatic carbocycles. The zero-order valence-corrected chi connectivity index (χ0v) is 12.0. The second kappa shape index (κ2) is 4.75. The van der Waals surface area contributed by atoms with E-state index in [-0.39, 0.29) is 6.42 Å². The van der Waals surface area contributed by atoms with Crippen molar-refractivity contribution in [2.24, 2.45) is 0 Å². The van der Waals surface area contributed by atoms with Crippen LogP contribution in [0.2, 0.25) is 0 Å². The molecule has 3 rings (SSSR count). The molecule has 0 aliphatic heterocycles. The van der Waals surface area contributed by atoms with Gasteiger partial charge >= 0.3 is 5.97 Å². The second-order valence-electron chi connectivity index (χ2n) is 3.94. The molecular formula is C12H8BrN3O2S. The standard InChI is InChI=1S/C12H8BrN3O2S/c13-11-9(4-10(17)18)19-12(16-11)6-1-2-7-8(3-6)15-5-14-7/h1-3,5H,4H2,(H,14,15)(H,17,18). The number of aliphatic carboxylic acids is 1. The number of aromatic nitrogens is 3. The van der Waals surface area contributed by atoms with Crippen LogP contribution >= 0.6 is 27.3 Å². The molecule has 2 aromatic heterocycles. The number of rotatable bonds is 3. The van der Waals surface area contributed by atoms with Crippen molar-refractivity contribution in [3.63, 3.8) is 0 Å². The van der Waals surface area contributed by atoms with E-state index in [0.717, 1.165) is 21.6 Å². The summed E-state index contributed by atoms with van der Waals surface area (Å²) >= 11 is 4.68. The van der Waals surface area contributed by atoms with E-state index < -0.39 is 5.97 Å². The Labute approximate surface area is 120 Å². The number of thiazole rings is 1. The normalized spacial score (nSPS) is 11.0. The van der Waals surface area contributed by atoms with Crippen molar-refractivity contribution in [1.29, 1.82) is 0 Å². The smallest absolute Gasteiger partial charge is 0.308 e. The molecule has 0 unspecified atom stereocenters. The van der Waals surface area contributed by atoms with Crippen LogP contribution in [0.1, 0.15) is 4.88 Å². The maximum absolute atomic E-state index is 10.8. The van der Waals surface area contributed by atoms with E-state index in [4.69, 9.17) is 5.11 Å². The van der Waals surface area contributed by atoms with Crippen molar-refractivity contribution in [3.8, 4) is 10.6 Å². The van der Waals surface area contributed by atoms with E-state index in [1.807, 2.05) is 18.2 Å². The van der Waals surface area contributed by atoms with Crippen LogP contribution in [-0.2, 0) is 11.2 Å². The SMILES string of the molecule is O=C(O)Cc1sc(-c2ccc3nc[nH]c3c2)nc1Br. The van der Waals surface area contributed by atoms with Crippen LogP contribution in [0.5, 0.6) is 0 Å². The highest BCUT2D eigenvalue weighted by Crippen LogP contribution is 2.32. The molecule has 5 nitrogen and oxygen atoms in total. The monoisotopic (exact) mass is 337 g/mol. The lowest BCUT2D eigenvalue weighted by Crippen LogP contribution is -1.98. The van der Waals surface area contributed by atoms with Crippen molar-refractivity contribution in [1.82, 2.24) is 15.0 Å². The van der Waals surface area contributed by atoms with Gasteiger partial charge < -0.3 is 10.1 Å². The quantitative estimate of drug-likeness (QED) is 0.769. The molecule has 1 aromatic carbocycles. The molecule has 19 heavy (non-hydrogen) atoms. The van der Waals surface area contributed by atoms with Crippen molar-refractivity contribution < 1.29 is 9.90 Å². The summed E-state index contributed by atoms with van der Waals surface area (Å²) in [7, 11) is 0. The lowest BCUT2D eigenvalue weighted by atomic mass is 10.2. The first kappa shape index (κ1) is 12.3. The molecule has 0 bridgehead atoms. The summed E-state index contributed by atoms with van der Waals surface area (Å²) in [5.41, 5.74) is 2.77. The highest BCUT2D eigenvalue weighted by Gasteiger charge is 2.13. The van der Waals surface area contributed by atoms with Crippen molar-refractivity contribution >= 4 is 44.3 Å². The third-order valence-electron chi connectivity index (χ3n) is 2.63. The van der Waals surface area contributed by atoms with Gasteiger partial charge in [-0.2, -0.15) is 0 Å². The molecule has 0 radical (unpaired) electrons. The predicted molar refractivity (Wildman–Crippen MR) is 76.2 cm³/mol. The van der Waals surface area contributed by atoms with Gasteiger partial charge in [0.25, 0.3) is 0 Å². The van der Waals surface area contributed by atoms with Crippen molar-refractivity contribution in [2.45, 2.75) is 6.42 Å². The van der Waals surface area contributed by atoms with E-state index >= 15 is 0 Å². The van der Waals surface area contributed by atoms with Gasteiger partial charge in [-0.25, -0.2) is 9.97 Å². The first-order chi connectivity index (χ1) is 9.13. The molecule has 0 aliphatic rings. The summed E-state index contributed by atoms with van der Waals surface area (Å²) in [6.45, 7) is 0. The van der Waals surface area contributed by atoms with Crippen LogP contribution in [0.3, 0.4) is 0 Å². The molecule has 2 heterocycles. The second-order valence-corrected chi connectivity index (χ2v) is 5.77. The Bertz CT molecular complexity index is 765. The molecule has 2 N–H and O–H groups in total. The number of hydrogen-bond acceptors (Lipinski definition) is 4. The van der Waals surface area contributed by atoms with Gasteiger partial charge in [0.15, 0.2) is 0 Å². The Kier molecular flexibility index (Phi) is 3.08. The zero-order valence-electron chi connectivity index (χ0n) is 9.55. The number of aromatic amines is 1. The fraction of sp³-hybridized carbons (Fsp3) is 0.0833. The van der Waals surface area contributed by atoms with Gasteiger partial charge in [0.1, 0.15) is 9.61 Å². The van der Waals surface area contributed by atoms with Gasteiger partial charge in [0, 0.05) is 5.56 Å². The first-order valence-corrected chi connectivity index (χ1v) is 7.05. The minimum absolute atomic E-state index is 0.0233. The third kappa shape index (κ3) is 2.39. The number of carboxylic acid groups (broad SMARTS) is 1. The maximum atomic E-state index is 10.8. The lowest BCUT2D eigenvalue weighted by Gasteiger charge is -1.95. The van der Waals surface area contributed by atoms with E-state index in [2.05, 4.69) is 30.9 Å².